The Balaban J connectivity index is 0.00000220. The normalized spacial score (nSPS) is 23.0. The predicted octanol–water partition coefficient (Wildman–Crippen LogP) is 1.65. The molecule has 2 rings (SSSR count). The van der Waals surface area contributed by atoms with Crippen molar-refractivity contribution in [3.8, 4) is 0 Å². The van der Waals surface area contributed by atoms with Gasteiger partial charge in [0.1, 0.15) is 0 Å². The summed E-state index contributed by atoms with van der Waals surface area (Å²) in [6, 6.07) is 9.95. The number of halogens is 1. The van der Waals surface area contributed by atoms with Crippen LogP contribution in [0.25, 0.3) is 0 Å². The Hall–Kier alpha value is -1.10. The molecule has 5 heteroatoms. The maximum atomic E-state index is 12.0. The summed E-state index contributed by atoms with van der Waals surface area (Å²) in [5, 5.41) is 12.8. The van der Waals surface area contributed by atoms with Crippen molar-refractivity contribution >= 4 is 18.3 Å². The van der Waals surface area contributed by atoms with E-state index in [1.807, 2.05) is 30.3 Å². The zero-order chi connectivity index (χ0) is 14.4. The number of benzene rings is 1. The smallest absolute Gasteiger partial charge is 0.223 e. The van der Waals surface area contributed by atoms with Crippen molar-refractivity contribution in [2.24, 2.45) is 11.7 Å². The first-order valence-corrected chi connectivity index (χ1v) is 7.40. The molecule has 0 spiro atoms. The van der Waals surface area contributed by atoms with E-state index in [1.54, 1.807) is 0 Å². The molecule has 1 aromatic rings. The molecule has 3 unspecified atom stereocenters. The molecule has 21 heavy (non-hydrogen) atoms. The molecule has 4 nitrogen and oxygen atoms in total. The van der Waals surface area contributed by atoms with Crippen LogP contribution in [-0.2, 0) is 11.2 Å². The second-order valence-corrected chi connectivity index (χ2v) is 5.71. The molecule has 0 aliphatic heterocycles. The Morgan fingerprint density at radius 1 is 1.33 bits per heavy atom. The fraction of sp³-hybridized carbons (Fsp3) is 0.562. The molecule has 0 aromatic heterocycles. The predicted molar refractivity (Wildman–Crippen MR) is 86.3 cm³/mol. The third kappa shape index (κ3) is 6.04. The first-order chi connectivity index (χ1) is 9.65. The van der Waals surface area contributed by atoms with Crippen molar-refractivity contribution < 1.29 is 9.90 Å². The summed E-state index contributed by atoms with van der Waals surface area (Å²) >= 11 is 0. The van der Waals surface area contributed by atoms with E-state index < -0.39 is 6.10 Å². The Bertz CT molecular complexity index is 428. The number of carbonyl (C=O) groups is 1. The van der Waals surface area contributed by atoms with Crippen LogP contribution in [0, 0.1) is 5.92 Å². The monoisotopic (exact) mass is 312 g/mol. The minimum atomic E-state index is -0.543. The molecule has 1 aromatic carbocycles. The molecule has 3 atom stereocenters. The largest absolute Gasteiger partial charge is 0.391 e. The van der Waals surface area contributed by atoms with E-state index in [0.29, 0.717) is 13.0 Å². The van der Waals surface area contributed by atoms with Gasteiger partial charge in [0.15, 0.2) is 0 Å². The molecule has 118 valence electrons. The van der Waals surface area contributed by atoms with E-state index in [9.17, 15) is 9.90 Å². The molecule has 0 bridgehead atoms. The van der Waals surface area contributed by atoms with Crippen LogP contribution in [-0.4, -0.2) is 29.7 Å². The lowest BCUT2D eigenvalue weighted by Gasteiger charge is -2.26. The minimum Gasteiger partial charge on any atom is -0.391 e. The molecule has 0 heterocycles. The number of aliphatic hydroxyl groups excluding tert-OH is 1. The van der Waals surface area contributed by atoms with Crippen LogP contribution >= 0.6 is 12.4 Å². The summed E-state index contributed by atoms with van der Waals surface area (Å²) in [5.41, 5.74) is 6.97. The number of rotatable bonds is 5. The fourth-order valence-electron chi connectivity index (χ4n) is 2.79. The van der Waals surface area contributed by atoms with Crippen molar-refractivity contribution in [1.82, 2.24) is 5.32 Å². The van der Waals surface area contributed by atoms with Gasteiger partial charge < -0.3 is 16.2 Å². The Labute approximate surface area is 132 Å². The van der Waals surface area contributed by atoms with Crippen LogP contribution in [0.4, 0.5) is 0 Å². The van der Waals surface area contributed by atoms with Crippen LogP contribution in [0.5, 0.6) is 0 Å². The van der Waals surface area contributed by atoms with Gasteiger partial charge >= 0.3 is 0 Å². The van der Waals surface area contributed by atoms with Gasteiger partial charge in [-0.1, -0.05) is 36.8 Å². The molecule has 0 saturated heterocycles. The Morgan fingerprint density at radius 2 is 2.05 bits per heavy atom. The van der Waals surface area contributed by atoms with Gasteiger partial charge in [-0.3, -0.25) is 4.79 Å². The lowest BCUT2D eigenvalue weighted by atomic mass is 9.85. The Kier molecular flexibility index (Phi) is 7.72. The fourth-order valence-corrected chi connectivity index (χ4v) is 2.79. The number of amides is 1. The number of hydrogen-bond donors (Lipinski definition) is 3. The van der Waals surface area contributed by atoms with Crippen molar-refractivity contribution in [2.75, 3.05) is 6.54 Å². The van der Waals surface area contributed by atoms with Gasteiger partial charge in [-0.05, 0) is 24.8 Å². The maximum Gasteiger partial charge on any atom is 0.223 e. The summed E-state index contributed by atoms with van der Waals surface area (Å²) in [6.07, 6.45) is 3.73. The molecule has 1 saturated carbocycles. The van der Waals surface area contributed by atoms with Gasteiger partial charge in [-0.25, -0.2) is 0 Å². The van der Waals surface area contributed by atoms with Crippen molar-refractivity contribution in [3.05, 3.63) is 35.9 Å². The van der Waals surface area contributed by atoms with Crippen molar-refractivity contribution in [3.63, 3.8) is 0 Å². The Morgan fingerprint density at radius 3 is 2.71 bits per heavy atom. The van der Waals surface area contributed by atoms with Crippen LogP contribution in [0.3, 0.4) is 0 Å². The molecule has 1 aliphatic rings. The van der Waals surface area contributed by atoms with Crippen molar-refractivity contribution in [2.45, 2.75) is 44.2 Å². The molecule has 1 fully saturated rings. The lowest BCUT2D eigenvalue weighted by Crippen LogP contribution is -2.40. The van der Waals surface area contributed by atoms with Crippen LogP contribution in [0.2, 0.25) is 0 Å². The van der Waals surface area contributed by atoms with Gasteiger partial charge in [-0.15, -0.1) is 12.4 Å². The average molecular weight is 313 g/mol. The third-order valence-corrected chi connectivity index (χ3v) is 3.91. The summed E-state index contributed by atoms with van der Waals surface area (Å²) < 4.78 is 0. The quantitative estimate of drug-likeness (QED) is 0.774. The topological polar surface area (TPSA) is 75.4 Å². The molecular formula is C16H25ClN2O2. The van der Waals surface area contributed by atoms with Gasteiger partial charge in [0, 0.05) is 24.9 Å². The minimum absolute atomic E-state index is 0. The zero-order valence-electron chi connectivity index (χ0n) is 12.2. The number of carbonyl (C=O) groups excluding carboxylic acids is 1. The number of aliphatic hydroxyl groups is 1. The molecule has 4 N–H and O–H groups in total. The molecule has 1 aliphatic carbocycles. The second kappa shape index (κ2) is 9.03. The van der Waals surface area contributed by atoms with E-state index in [-0.39, 0.29) is 30.3 Å². The summed E-state index contributed by atoms with van der Waals surface area (Å²) in [5.74, 6) is 0.0509. The highest BCUT2D eigenvalue weighted by atomic mass is 35.5. The van der Waals surface area contributed by atoms with Gasteiger partial charge in [0.25, 0.3) is 0 Å². The van der Waals surface area contributed by atoms with E-state index in [0.717, 1.165) is 31.2 Å². The highest BCUT2D eigenvalue weighted by Gasteiger charge is 2.25. The number of nitrogens with one attached hydrogen (secondary N) is 1. The average Bonchev–Trinajstić information content (AvgIpc) is 2.46. The molecule has 0 radical (unpaired) electrons. The SMILES string of the molecule is Cl.NC1CCCC(C(=O)NCC(O)Cc2ccccc2)C1. The number of nitrogens with two attached hydrogens (primary N) is 1. The van der Waals surface area contributed by atoms with E-state index in [1.165, 1.54) is 0 Å². The van der Waals surface area contributed by atoms with Crippen LogP contribution < -0.4 is 11.1 Å². The van der Waals surface area contributed by atoms with Crippen LogP contribution in [0.15, 0.2) is 30.3 Å². The van der Waals surface area contributed by atoms with Gasteiger partial charge in [0.2, 0.25) is 5.91 Å². The van der Waals surface area contributed by atoms with Crippen molar-refractivity contribution in [1.29, 1.82) is 0 Å². The summed E-state index contributed by atoms with van der Waals surface area (Å²) in [6.45, 7) is 0.305. The highest BCUT2D eigenvalue weighted by molar-refractivity contribution is 5.85. The zero-order valence-corrected chi connectivity index (χ0v) is 13.0. The van der Waals surface area contributed by atoms with Gasteiger partial charge in [-0.2, -0.15) is 0 Å². The second-order valence-electron chi connectivity index (χ2n) is 5.71. The summed E-state index contributed by atoms with van der Waals surface area (Å²) in [4.78, 5) is 12.0. The van der Waals surface area contributed by atoms with Gasteiger partial charge in [0.05, 0.1) is 6.10 Å². The van der Waals surface area contributed by atoms with E-state index in [4.69, 9.17) is 5.73 Å². The third-order valence-electron chi connectivity index (χ3n) is 3.91. The summed E-state index contributed by atoms with van der Waals surface area (Å²) in [7, 11) is 0. The molecular weight excluding hydrogens is 288 g/mol. The van der Waals surface area contributed by atoms with Crippen LogP contribution in [0.1, 0.15) is 31.2 Å². The van der Waals surface area contributed by atoms with E-state index >= 15 is 0 Å². The first-order valence-electron chi connectivity index (χ1n) is 7.40. The maximum absolute atomic E-state index is 12.0. The van der Waals surface area contributed by atoms with E-state index in [2.05, 4.69) is 5.32 Å². The first kappa shape index (κ1) is 18.0. The highest BCUT2D eigenvalue weighted by Crippen LogP contribution is 2.23. The standard InChI is InChI=1S/C16H24N2O2.ClH/c17-14-8-4-7-13(10-14)16(20)18-11-15(19)9-12-5-2-1-3-6-12;/h1-3,5-6,13-15,19H,4,7-11,17H2,(H,18,20);1H. The number of hydrogen-bond acceptors (Lipinski definition) is 3. The lowest BCUT2D eigenvalue weighted by molar-refractivity contribution is -0.126. The molecule has 1 amide bonds.